The fourth-order valence-electron chi connectivity index (χ4n) is 2.31. The third-order valence-corrected chi connectivity index (χ3v) is 3.69. The molecule has 0 aliphatic rings. The molecular weight excluding hydrogens is 300 g/mol. The van der Waals surface area contributed by atoms with E-state index in [0.717, 1.165) is 34.1 Å². The highest BCUT2D eigenvalue weighted by molar-refractivity contribution is 5.50. The molecule has 0 aliphatic carbocycles. The lowest BCUT2D eigenvalue weighted by Gasteiger charge is -2.14. The van der Waals surface area contributed by atoms with E-state index >= 15 is 0 Å². The Morgan fingerprint density at radius 3 is 1.25 bits per heavy atom. The van der Waals surface area contributed by atoms with E-state index in [9.17, 15) is 0 Å². The molecule has 0 aromatic heterocycles. The van der Waals surface area contributed by atoms with Crippen LogP contribution in [0.3, 0.4) is 0 Å². The fourth-order valence-corrected chi connectivity index (χ4v) is 2.31. The van der Waals surface area contributed by atoms with E-state index in [4.69, 9.17) is 20.9 Å². The van der Waals surface area contributed by atoms with Crippen molar-refractivity contribution < 1.29 is 9.47 Å². The Labute approximate surface area is 141 Å². The highest BCUT2D eigenvalue weighted by Gasteiger charge is 2.09. The summed E-state index contributed by atoms with van der Waals surface area (Å²) >= 11 is 0. The molecule has 4 N–H and O–H groups in total. The van der Waals surface area contributed by atoms with Crippen LogP contribution in [0, 0.1) is 13.8 Å². The molecule has 4 heteroatoms. The molecule has 3 rings (SSSR count). The lowest BCUT2D eigenvalue weighted by molar-refractivity contribution is 0.463. The van der Waals surface area contributed by atoms with Gasteiger partial charge in [0.25, 0.3) is 0 Å². The molecule has 3 aromatic rings. The fraction of sp³-hybridized carbons (Fsp3) is 0.100. The van der Waals surface area contributed by atoms with Crippen molar-refractivity contribution in [2.45, 2.75) is 13.8 Å². The van der Waals surface area contributed by atoms with Crippen LogP contribution in [0.2, 0.25) is 0 Å². The van der Waals surface area contributed by atoms with Crippen molar-refractivity contribution in [1.82, 2.24) is 0 Å². The highest BCUT2D eigenvalue weighted by atomic mass is 16.5. The van der Waals surface area contributed by atoms with Gasteiger partial charge in [-0.1, -0.05) is 0 Å². The average molecular weight is 320 g/mol. The molecule has 0 amide bonds. The number of aryl methyl sites for hydroxylation is 2. The van der Waals surface area contributed by atoms with Crippen molar-refractivity contribution in [1.29, 1.82) is 0 Å². The average Bonchev–Trinajstić information content (AvgIpc) is 2.56. The van der Waals surface area contributed by atoms with Gasteiger partial charge in [0.1, 0.15) is 23.0 Å². The van der Waals surface area contributed by atoms with Gasteiger partial charge in [-0.05, 0) is 85.6 Å². The SMILES string of the molecule is Cc1cc(Oc2ccc(N)cc2)c(C)cc1Oc1ccc(N)cc1. The number of nitrogen functional groups attached to an aromatic ring is 2. The molecule has 0 aliphatic heterocycles. The number of rotatable bonds is 4. The van der Waals surface area contributed by atoms with Crippen LogP contribution in [0.5, 0.6) is 23.0 Å². The van der Waals surface area contributed by atoms with Gasteiger partial charge in [0.2, 0.25) is 0 Å². The van der Waals surface area contributed by atoms with E-state index in [1.807, 2.05) is 74.5 Å². The Bertz CT molecular complexity index is 768. The summed E-state index contributed by atoms with van der Waals surface area (Å²) in [5.74, 6) is 3.08. The number of benzene rings is 3. The molecule has 0 unspecified atom stereocenters. The molecule has 0 bridgehead atoms. The largest absolute Gasteiger partial charge is 0.457 e. The summed E-state index contributed by atoms with van der Waals surface area (Å²) in [6.07, 6.45) is 0. The molecule has 0 fully saturated rings. The molecule has 122 valence electrons. The summed E-state index contributed by atoms with van der Waals surface area (Å²) in [5.41, 5.74) is 14.8. The standard InChI is InChI=1S/C20H20N2O2/c1-13-11-20(24-18-9-5-16(22)6-10-18)14(2)12-19(13)23-17-7-3-15(21)4-8-17/h3-12H,21-22H2,1-2H3. The first kappa shape index (κ1) is 15.7. The third kappa shape index (κ3) is 3.60. The van der Waals surface area contributed by atoms with Gasteiger partial charge in [0.15, 0.2) is 0 Å². The number of hydrogen-bond donors (Lipinski definition) is 2. The number of ether oxygens (including phenoxy) is 2. The van der Waals surface area contributed by atoms with Crippen molar-refractivity contribution >= 4 is 11.4 Å². The van der Waals surface area contributed by atoms with Gasteiger partial charge in [-0.2, -0.15) is 0 Å². The Morgan fingerprint density at radius 1 is 0.583 bits per heavy atom. The molecule has 4 nitrogen and oxygen atoms in total. The smallest absolute Gasteiger partial charge is 0.130 e. The van der Waals surface area contributed by atoms with Crippen molar-refractivity contribution in [3.05, 3.63) is 71.8 Å². The third-order valence-electron chi connectivity index (χ3n) is 3.69. The molecule has 0 saturated carbocycles. The first-order valence-corrected chi connectivity index (χ1v) is 7.69. The Balaban J connectivity index is 1.82. The van der Waals surface area contributed by atoms with Crippen LogP contribution in [0.25, 0.3) is 0 Å². The van der Waals surface area contributed by atoms with E-state index in [1.165, 1.54) is 0 Å². The molecule has 0 atom stereocenters. The van der Waals surface area contributed by atoms with Gasteiger partial charge < -0.3 is 20.9 Å². The van der Waals surface area contributed by atoms with Gasteiger partial charge in [-0.15, -0.1) is 0 Å². The Hall–Kier alpha value is -3.14. The lowest BCUT2D eigenvalue weighted by Crippen LogP contribution is -1.93. The minimum atomic E-state index is 0.711. The summed E-state index contributed by atoms with van der Waals surface area (Å²) in [4.78, 5) is 0. The van der Waals surface area contributed by atoms with Crippen molar-refractivity contribution in [2.75, 3.05) is 11.5 Å². The first-order valence-electron chi connectivity index (χ1n) is 7.69. The predicted molar refractivity (Wildman–Crippen MR) is 97.8 cm³/mol. The van der Waals surface area contributed by atoms with E-state index in [1.54, 1.807) is 0 Å². The van der Waals surface area contributed by atoms with Gasteiger partial charge in [0.05, 0.1) is 0 Å². The maximum absolute atomic E-state index is 5.94. The van der Waals surface area contributed by atoms with Crippen LogP contribution in [0.15, 0.2) is 60.7 Å². The van der Waals surface area contributed by atoms with Crippen LogP contribution in [0.4, 0.5) is 11.4 Å². The molecular formula is C20H20N2O2. The van der Waals surface area contributed by atoms with Gasteiger partial charge in [0, 0.05) is 11.4 Å². The van der Waals surface area contributed by atoms with Crippen molar-refractivity contribution in [3.63, 3.8) is 0 Å². The minimum Gasteiger partial charge on any atom is -0.457 e. The lowest BCUT2D eigenvalue weighted by atomic mass is 10.1. The zero-order valence-corrected chi connectivity index (χ0v) is 13.7. The zero-order chi connectivity index (χ0) is 17.1. The highest BCUT2D eigenvalue weighted by Crippen LogP contribution is 2.34. The van der Waals surface area contributed by atoms with Crippen LogP contribution >= 0.6 is 0 Å². The number of anilines is 2. The van der Waals surface area contributed by atoms with E-state index < -0.39 is 0 Å². The van der Waals surface area contributed by atoms with Crippen molar-refractivity contribution in [3.8, 4) is 23.0 Å². The maximum Gasteiger partial charge on any atom is 0.130 e. The second kappa shape index (κ2) is 6.54. The molecule has 0 radical (unpaired) electrons. The minimum absolute atomic E-state index is 0.711. The van der Waals surface area contributed by atoms with E-state index in [2.05, 4.69) is 0 Å². The summed E-state index contributed by atoms with van der Waals surface area (Å²) < 4.78 is 11.9. The first-order chi connectivity index (χ1) is 11.5. The summed E-state index contributed by atoms with van der Waals surface area (Å²) in [7, 11) is 0. The van der Waals surface area contributed by atoms with Crippen LogP contribution < -0.4 is 20.9 Å². The molecule has 0 heterocycles. The second-order valence-corrected chi connectivity index (χ2v) is 5.73. The van der Waals surface area contributed by atoms with Crippen molar-refractivity contribution in [2.24, 2.45) is 0 Å². The quantitative estimate of drug-likeness (QED) is 0.660. The summed E-state index contributed by atoms with van der Waals surface area (Å²) in [5, 5.41) is 0. The van der Waals surface area contributed by atoms with Gasteiger partial charge in [-0.25, -0.2) is 0 Å². The second-order valence-electron chi connectivity index (χ2n) is 5.73. The van der Waals surface area contributed by atoms with Crippen LogP contribution in [0.1, 0.15) is 11.1 Å². The summed E-state index contributed by atoms with van der Waals surface area (Å²) in [6.45, 7) is 3.98. The molecule has 3 aromatic carbocycles. The van der Waals surface area contributed by atoms with E-state index in [0.29, 0.717) is 11.4 Å². The van der Waals surface area contributed by atoms with E-state index in [-0.39, 0.29) is 0 Å². The Morgan fingerprint density at radius 2 is 0.917 bits per heavy atom. The topological polar surface area (TPSA) is 70.5 Å². The Kier molecular flexibility index (Phi) is 4.29. The normalized spacial score (nSPS) is 10.4. The summed E-state index contributed by atoms with van der Waals surface area (Å²) in [6, 6.07) is 18.6. The van der Waals surface area contributed by atoms with Crippen LogP contribution in [-0.2, 0) is 0 Å². The number of hydrogen-bond acceptors (Lipinski definition) is 4. The maximum atomic E-state index is 5.94. The molecule has 0 saturated heterocycles. The van der Waals surface area contributed by atoms with Gasteiger partial charge in [-0.3, -0.25) is 0 Å². The predicted octanol–water partition coefficient (Wildman–Crippen LogP) is 5.05. The number of nitrogens with two attached hydrogens (primary N) is 2. The zero-order valence-electron chi connectivity index (χ0n) is 13.7. The van der Waals surface area contributed by atoms with Gasteiger partial charge >= 0.3 is 0 Å². The van der Waals surface area contributed by atoms with Crippen LogP contribution in [-0.4, -0.2) is 0 Å². The molecule has 0 spiro atoms. The molecule has 24 heavy (non-hydrogen) atoms. The monoisotopic (exact) mass is 320 g/mol.